The number of rotatable bonds is 23. The smallest absolute Gasteiger partial charge is 0.193 e. The zero-order valence-electron chi connectivity index (χ0n) is 33.7. The van der Waals surface area contributed by atoms with Crippen LogP contribution in [-0.4, -0.2) is 62.6 Å². The van der Waals surface area contributed by atoms with Gasteiger partial charge in [0.2, 0.25) is 0 Å². The molecule has 0 heterocycles. The van der Waals surface area contributed by atoms with E-state index in [1.807, 2.05) is 60.7 Å². The molecule has 0 spiro atoms. The summed E-state index contributed by atoms with van der Waals surface area (Å²) in [6.45, 7) is 26.7. The van der Waals surface area contributed by atoms with Crippen molar-refractivity contribution < 1.29 is 22.6 Å². The molecule has 51 heavy (non-hydrogen) atoms. The van der Waals surface area contributed by atoms with Crippen LogP contribution in [0.5, 0.6) is 0 Å². The van der Waals surface area contributed by atoms with Gasteiger partial charge >= 0.3 is 0 Å². The van der Waals surface area contributed by atoms with Gasteiger partial charge < -0.3 is 22.6 Å². The Bertz CT molecular complexity index is 1320. The zero-order chi connectivity index (χ0) is 37.5. The number of benzene rings is 2. The minimum Gasteiger partial charge on any atom is -0.417 e. The first-order valence-electron chi connectivity index (χ1n) is 20.2. The van der Waals surface area contributed by atoms with Crippen molar-refractivity contribution in [3.8, 4) is 0 Å². The standard InChI is InChI=1S/C42H71O5PSi3/c1-11-49(12-2,13-3)45-33-26-32-44-42-40(46-50(14-4,15-5)16-6)35-37(36(10)41(42)47-51(17-7,18-8)19-9)31-34-48(43,38-27-22-20-23-28-38)39-29-24-21-25-30-39/h20-25,27-31,40-42H,10-19,26,32-35H2,1-9H3/b37-31+/t40-,41-,42-/m1/s1. The first-order valence-corrected chi connectivity index (χ1v) is 29.7. The highest BCUT2D eigenvalue weighted by Crippen LogP contribution is 2.46. The van der Waals surface area contributed by atoms with Crippen molar-refractivity contribution in [2.75, 3.05) is 19.4 Å². The van der Waals surface area contributed by atoms with Gasteiger partial charge in [-0.3, -0.25) is 0 Å². The molecule has 1 aliphatic rings. The van der Waals surface area contributed by atoms with E-state index < -0.39 is 32.1 Å². The van der Waals surface area contributed by atoms with Crippen LogP contribution in [0.3, 0.4) is 0 Å². The SMILES string of the molecule is C=C1/C(=C/CP(=O)(c2ccccc2)c2ccccc2)C[C@@H](O[Si](CC)(CC)CC)[C@@H](OCCCO[Si](CC)(CC)CC)[C@@H]1O[Si](CC)(CC)CC. The maximum absolute atomic E-state index is 15.1. The second kappa shape index (κ2) is 20.9. The number of ether oxygens (including phenoxy) is 1. The third-order valence-electron chi connectivity index (χ3n) is 12.4. The summed E-state index contributed by atoms with van der Waals surface area (Å²) >= 11 is 0. The minimum absolute atomic E-state index is 0.153. The minimum atomic E-state index is -2.96. The summed E-state index contributed by atoms with van der Waals surface area (Å²) < 4.78 is 43.5. The average Bonchev–Trinajstić information content (AvgIpc) is 3.19. The van der Waals surface area contributed by atoms with Crippen LogP contribution in [0.4, 0.5) is 0 Å². The van der Waals surface area contributed by atoms with Gasteiger partial charge in [0.05, 0.1) is 12.2 Å². The summed E-state index contributed by atoms with van der Waals surface area (Å²) in [4.78, 5) is 0. The maximum atomic E-state index is 15.1. The van der Waals surface area contributed by atoms with Crippen molar-refractivity contribution in [2.45, 2.75) is 148 Å². The molecule has 0 aromatic heterocycles. The van der Waals surface area contributed by atoms with Gasteiger partial charge in [0.15, 0.2) is 25.0 Å². The van der Waals surface area contributed by atoms with E-state index in [2.05, 4.69) is 68.4 Å². The molecule has 0 amide bonds. The van der Waals surface area contributed by atoms with Crippen LogP contribution < -0.4 is 10.6 Å². The van der Waals surface area contributed by atoms with Crippen LogP contribution in [0.1, 0.15) is 75.2 Å². The second-order valence-corrected chi connectivity index (χ2v) is 31.6. The molecule has 1 saturated carbocycles. The number of allylic oxidation sites excluding steroid dienone is 1. The largest absolute Gasteiger partial charge is 0.417 e. The molecule has 1 aliphatic carbocycles. The number of hydrogen-bond donors (Lipinski definition) is 0. The third-order valence-corrected chi connectivity index (χ3v) is 29.3. The highest BCUT2D eigenvalue weighted by Gasteiger charge is 2.47. The van der Waals surface area contributed by atoms with Crippen molar-refractivity contribution in [2.24, 2.45) is 0 Å². The Labute approximate surface area is 315 Å². The molecular formula is C42H71O5PSi3. The first-order chi connectivity index (χ1) is 24.5. The molecule has 0 N–H and O–H groups in total. The Kier molecular flexibility index (Phi) is 18.1. The van der Waals surface area contributed by atoms with Crippen molar-refractivity contribution >= 4 is 42.7 Å². The van der Waals surface area contributed by atoms with E-state index in [0.29, 0.717) is 19.2 Å². The third kappa shape index (κ3) is 10.9. The van der Waals surface area contributed by atoms with Crippen LogP contribution >= 0.6 is 7.14 Å². The van der Waals surface area contributed by atoms with Gasteiger partial charge in [-0.15, -0.1) is 0 Å². The van der Waals surface area contributed by atoms with Crippen LogP contribution in [0.2, 0.25) is 54.4 Å². The van der Waals surface area contributed by atoms with Crippen LogP contribution in [-0.2, 0) is 22.6 Å². The zero-order valence-corrected chi connectivity index (χ0v) is 37.6. The van der Waals surface area contributed by atoms with Crippen molar-refractivity contribution in [3.05, 3.63) is 84.5 Å². The molecule has 1 fully saturated rings. The van der Waals surface area contributed by atoms with Gasteiger partial charge in [0.25, 0.3) is 0 Å². The van der Waals surface area contributed by atoms with E-state index in [4.69, 9.17) is 24.6 Å². The lowest BCUT2D eigenvalue weighted by molar-refractivity contribution is -0.0871. The van der Waals surface area contributed by atoms with E-state index in [1.165, 1.54) is 0 Å². The average molecular weight is 771 g/mol. The Hall–Kier alpha value is -1.36. The van der Waals surface area contributed by atoms with E-state index in [0.717, 1.165) is 89.2 Å². The molecule has 0 saturated heterocycles. The van der Waals surface area contributed by atoms with Crippen LogP contribution in [0, 0.1) is 0 Å². The van der Waals surface area contributed by atoms with Gasteiger partial charge in [-0.1, -0.05) is 136 Å². The highest BCUT2D eigenvalue weighted by atomic mass is 31.2. The fraction of sp³-hybridized carbons (Fsp3) is 0.619. The van der Waals surface area contributed by atoms with Crippen molar-refractivity contribution in [1.29, 1.82) is 0 Å². The molecule has 3 rings (SSSR count). The lowest BCUT2D eigenvalue weighted by atomic mass is 9.84. The Morgan fingerprint density at radius 2 is 1.12 bits per heavy atom. The molecule has 5 nitrogen and oxygen atoms in total. The molecule has 2 aromatic carbocycles. The summed E-state index contributed by atoms with van der Waals surface area (Å²) in [7, 11) is -8.72. The molecule has 3 atom stereocenters. The number of hydrogen-bond acceptors (Lipinski definition) is 5. The van der Waals surface area contributed by atoms with E-state index in [-0.39, 0.29) is 18.3 Å². The Balaban J connectivity index is 2.07. The van der Waals surface area contributed by atoms with Gasteiger partial charge in [0.1, 0.15) is 13.2 Å². The van der Waals surface area contributed by atoms with E-state index in [9.17, 15) is 0 Å². The fourth-order valence-corrected chi connectivity index (χ4v) is 18.7. The lowest BCUT2D eigenvalue weighted by Crippen LogP contribution is -2.56. The van der Waals surface area contributed by atoms with E-state index >= 15 is 4.57 Å². The molecule has 0 aliphatic heterocycles. The van der Waals surface area contributed by atoms with Crippen molar-refractivity contribution in [3.63, 3.8) is 0 Å². The summed E-state index contributed by atoms with van der Waals surface area (Å²) in [6, 6.07) is 29.8. The fourth-order valence-electron chi connectivity index (χ4n) is 7.85. The molecule has 9 heteroatoms. The van der Waals surface area contributed by atoms with Gasteiger partial charge in [-0.2, -0.15) is 0 Å². The summed E-state index contributed by atoms with van der Waals surface area (Å²) in [5.41, 5.74) is 2.09. The molecule has 0 bridgehead atoms. The molecule has 286 valence electrons. The normalized spacial score (nSPS) is 19.9. The first kappa shape index (κ1) is 44.0. The predicted octanol–water partition coefficient (Wildman–Crippen LogP) is 11.5. The topological polar surface area (TPSA) is 54.0 Å². The quantitative estimate of drug-likeness (QED) is 0.0640. The molecule has 0 unspecified atom stereocenters. The van der Waals surface area contributed by atoms with Gasteiger partial charge in [-0.25, -0.2) is 0 Å². The van der Waals surface area contributed by atoms with Gasteiger partial charge in [-0.05, 0) is 72.0 Å². The van der Waals surface area contributed by atoms with Crippen LogP contribution in [0.25, 0.3) is 0 Å². The highest BCUT2D eigenvalue weighted by molar-refractivity contribution is 7.78. The van der Waals surface area contributed by atoms with Crippen LogP contribution in [0.15, 0.2) is 84.5 Å². The molecule has 2 aromatic rings. The summed E-state index contributed by atoms with van der Waals surface area (Å²) in [5, 5.41) is 1.76. The van der Waals surface area contributed by atoms with Crippen molar-refractivity contribution in [1.82, 2.24) is 0 Å². The Morgan fingerprint density at radius 3 is 1.57 bits per heavy atom. The lowest BCUT2D eigenvalue weighted by Gasteiger charge is -2.47. The van der Waals surface area contributed by atoms with Gasteiger partial charge in [0, 0.05) is 36.4 Å². The summed E-state index contributed by atoms with van der Waals surface area (Å²) in [6.07, 6.45) is 3.48. The Morgan fingerprint density at radius 1 is 0.667 bits per heavy atom. The van der Waals surface area contributed by atoms with E-state index in [1.54, 1.807) is 0 Å². The predicted molar refractivity (Wildman–Crippen MR) is 228 cm³/mol. The molecular weight excluding hydrogens is 700 g/mol. The summed E-state index contributed by atoms with van der Waals surface area (Å²) in [5.74, 6) is 0. The second-order valence-electron chi connectivity index (χ2n) is 14.5. The maximum Gasteiger partial charge on any atom is 0.193 e. The monoisotopic (exact) mass is 770 g/mol. The molecule has 0 radical (unpaired) electrons.